The first-order valence-electron chi connectivity index (χ1n) is 5.80. The summed E-state index contributed by atoms with van der Waals surface area (Å²) >= 11 is 0. The fourth-order valence-electron chi connectivity index (χ4n) is 2.34. The van der Waals surface area contributed by atoms with Gasteiger partial charge in [-0.3, -0.25) is 0 Å². The van der Waals surface area contributed by atoms with Gasteiger partial charge in [0.2, 0.25) is 5.82 Å². The Morgan fingerprint density at radius 2 is 2.12 bits per heavy atom. The molecule has 2 rings (SSSR count). The van der Waals surface area contributed by atoms with Crippen molar-refractivity contribution in [1.29, 1.82) is 5.26 Å². The second kappa shape index (κ2) is 5.04. The maximum absolute atomic E-state index is 8.78. The van der Waals surface area contributed by atoms with Gasteiger partial charge in [-0.15, -0.1) is 0 Å². The molecular formula is C12H16N4. The Kier molecular flexibility index (Phi) is 3.47. The minimum atomic E-state index is 0.170. The van der Waals surface area contributed by atoms with E-state index in [0.717, 1.165) is 18.5 Å². The van der Waals surface area contributed by atoms with Crippen molar-refractivity contribution in [2.24, 2.45) is 5.73 Å². The highest BCUT2D eigenvalue weighted by atomic mass is 14.9. The molecule has 0 radical (unpaired) electrons. The maximum atomic E-state index is 8.78. The Balaban J connectivity index is 2.24. The number of rotatable bonds is 1. The molecule has 0 saturated heterocycles. The zero-order chi connectivity index (χ0) is 11.4. The standard InChI is InChI=1S/C12H16N4/c13-8-12-15-7-6-11(16-12)9-4-2-1-3-5-10(9)14/h6-7,9-10H,1-5,14H2. The highest BCUT2D eigenvalue weighted by Gasteiger charge is 2.23. The summed E-state index contributed by atoms with van der Waals surface area (Å²) < 4.78 is 0. The molecular weight excluding hydrogens is 200 g/mol. The van der Waals surface area contributed by atoms with E-state index in [2.05, 4.69) is 9.97 Å². The fraction of sp³-hybridized carbons (Fsp3) is 0.583. The molecule has 1 aromatic heterocycles. The summed E-state index contributed by atoms with van der Waals surface area (Å²) in [5.41, 5.74) is 7.09. The summed E-state index contributed by atoms with van der Waals surface area (Å²) in [4.78, 5) is 8.14. The van der Waals surface area contributed by atoms with E-state index in [1.54, 1.807) is 6.20 Å². The number of nitrogens with two attached hydrogens (primary N) is 1. The highest BCUT2D eigenvalue weighted by molar-refractivity contribution is 5.17. The van der Waals surface area contributed by atoms with Crippen molar-refractivity contribution < 1.29 is 0 Å². The molecule has 0 bridgehead atoms. The Labute approximate surface area is 95.5 Å². The molecule has 0 aliphatic heterocycles. The monoisotopic (exact) mass is 216 g/mol. The van der Waals surface area contributed by atoms with Crippen LogP contribution in [0.3, 0.4) is 0 Å². The van der Waals surface area contributed by atoms with Gasteiger partial charge in [-0.1, -0.05) is 19.3 Å². The highest BCUT2D eigenvalue weighted by Crippen LogP contribution is 2.29. The number of nitriles is 1. The predicted molar refractivity (Wildman–Crippen MR) is 60.5 cm³/mol. The minimum absolute atomic E-state index is 0.170. The third-order valence-electron chi connectivity index (χ3n) is 3.23. The van der Waals surface area contributed by atoms with E-state index in [-0.39, 0.29) is 17.8 Å². The summed E-state index contributed by atoms with van der Waals surface area (Å²) in [5.74, 6) is 0.534. The third kappa shape index (κ3) is 2.37. The van der Waals surface area contributed by atoms with E-state index in [4.69, 9.17) is 11.0 Å². The van der Waals surface area contributed by atoms with Crippen LogP contribution >= 0.6 is 0 Å². The molecule has 1 aromatic rings. The summed E-state index contributed by atoms with van der Waals surface area (Å²) in [5, 5.41) is 8.78. The smallest absolute Gasteiger partial charge is 0.232 e. The van der Waals surface area contributed by atoms with Gasteiger partial charge in [0.1, 0.15) is 6.07 Å². The van der Waals surface area contributed by atoms with Gasteiger partial charge in [-0.2, -0.15) is 5.26 Å². The lowest BCUT2D eigenvalue weighted by Crippen LogP contribution is -2.28. The van der Waals surface area contributed by atoms with Crippen molar-refractivity contribution in [3.8, 4) is 6.07 Å². The van der Waals surface area contributed by atoms with E-state index in [1.165, 1.54) is 19.3 Å². The SMILES string of the molecule is N#Cc1nccc(C2CCCCCC2N)n1. The van der Waals surface area contributed by atoms with E-state index in [9.17, 15) is 0 Å². The molecule has 84 valence electrons. The van der Waals surface area contributed by atoms with Gasteiger partial charge >= 0.3 is 0 Å². The van der Waals surface area contributed by atoms with Gasteiger partial charge in [0, 0.05) is 23.9 Å². The molecule has 2 N–H and O–H groups in total. The van der Waals surface area contributed by atoms with Crippen molar-refractivity contribution >= 4 is 0 Å². The Morgan fingerprint density at radius 1 is 1.31 bits per heavy atom. The van der Waals surface area contributed by atoms with Crippen LogP contribution in [0.5, 0.6) is 0 Å². The summed E-state index contributed by atoms with van der Waals surface area (Å²) in [6, 6.07) is 4.03. The van der Waals surface area contributed by atoms with Crippen LogP contribution in [0.1, 0.15) is 49.5 Å². The lowest BCUT2D eigenvalue weighted by atomic mass is 9.92. The topological polar surface area (TPSA) is 75.6 Å². The molecule has 0 aromatic carbocycles. The predicted octanol–water partition coefficient (Wildman–Crippen LogP) is 1.72. The summed E-state index contributed by atoms with van der Waals surface area (Å²) in [6.45, 7) is 0. The quantitative estimate of drug-likeness (QED) is 0.725. The van der Waals surface area contributed by atoms with Crippen LogP contribution in [0.4, 0.5) is 0 Å². The van der Waals surface area contributed by atoms with Gasteiger partial charge in [0.05, 0.1) is 0 Å². The van der Waals surface area contributed by atoms with E-state index in [1.807, 2.05) is 12.1 Å². The molecule has 0 spiro atoms. The molecule has 1 fully saturated rings. The van der Waals surface area contributed by atoms with Gasteiger partial charge in [-0.25, -0.2) is 9.97 Å². The fourth-order valence-corrected chi connectivity index (χ4v) is 2.34. The van der Waals surface area contributed by atoms with Gasteiger partial charge in [-0.05, 0) is 18.9 Å². The molecule has 1 aliphatic carbocycles. The number of nitrogens with zero attached hydrogens (tertiary/aromatic N) is 3. The molecule has 4 heteroatoms. The van der Waals surface area contributed by atoms with Crippen LogP contribution in [-0.2, 0) is 0 Å². The number of hydrogen-bond donors (Lipinski definition) is 1. The molecule has 1 heterocycles. The summed E-state index contributed by atoms with van der Waals surface area (Å²) in [6.07, 6.45) is 7.43. The van der Waals surface area contributed by atoms with Crippen LogP contribution in [0.15, 0.2) is 12.3 Å². The molecule has 1 aliphatic rings. The largest absolute Gasteiger partial charge is 0.327 e. The maximum Gasteiger partial charge on any atom is 0.232 e. The third-order valence-corrected chi connectivity index (χ3v) is 3.23. The van der Waals surface area contributed by atoms with Crippen molar-refractivity contribution in [2.75, 3.05) is 0 Å². The normalized spacial score (nSPS) is 25.8. The lowest BCUT2D eigenvalue weighted by molar-refractivity contribution is 0.494. The molecule has 0 amide bonds. The number of aromatic nitrogens is 2. The van der Waals surface area contributed by atoms with E-state index < -0.39 is 0 Å². The Hall–Kier alpha value is -1.47. The van der Waals surface area contributed by atoms with E-state index in [0.29, 0.717) is 0 Å². The van der Waals surface area contributed by atoms with E-state index >= 15 is 0 Å². The second-order valence-electron chi connectivity index (χ2n) is 4.33. The van der Waals surface area contributed by atoms with Crippen molar-refractivity contribution in [2.45, 2.75) is 44.1 Å². The van der Waals surface area contributed by atoms with Crippen LogP contribution in [-0.4, -0.2) is 16.0 Å². The Bertz CT molecular complexity index is 396. The van der Waals surface area contributed by atoms with Gasteiger partial charge in [0.25, 0.3) is 0 Å². The van der Waals surface area contributed by atoms with Crippen LogP contribution < -0.4 is 5.73 Å². The van der Waals surface area contributed by atoms with Crippen molar-refractivity contribution in [3.63, 3.8) is 0 Å². The second-order valence-corrected chi connectivity index (χ2v) is 4.33. The van der Waals surface area contributed by atoms with Crippen LogP contribution in [0.2, 0.25) is 0 Å². The molecule has 2 atom stereocenters. The molecule has 2 unspecified atom stereocenters. The average Bonchev–Trinajstić information content (AvgIpc) is 2.54. The zero-order valence-electron chi connectivity index (χ0n) is 9.26. The first kappa shape index (κ1) is 11.0. The molecule has 4 nitrogen and oxygen atoms in total. The average molecular weight is 216 g/mol. The van der Waals surface area contributed by atoms with Gasteiger partial charge < -0.3 is 5.73 Å². The summed E-state index contributed by atoms with van der Waals surface area (Å²) in [7, 11) is 0. The minimum Gasteiger partial charge on any atom is -0.327 e. The zero-order valence-corrected chi connectivity index (χ0v) is 9.26. The van der Waals surface area contributed by atoms with Crippen molar-refractivity contribution in [1.82, 2.24) is 9.97 Å². The van der Waals surface area contributed by atoms with Crippen molar-refractivity contribution in [3.05, 3.63) is 23.8 Å². The van der Waals surface area contributed by atoms with Crippen LogP contribution in [0, 0.1) is 11.3 Å². The lowest BCUT2D eigenvalue weighted by Gasteiger charge is -2.20. The first-order chi connectivity index (χ1) is 7.81. The first-order valence-corrected chi connectivity index (χ1v) is 5.80. The van der Waals surface area contributed by atoms with Crippen LogP contribution in [0.25, 0.3) is 0 Å². The Morgan fingerprint density at radius 3 is 2.94 bits per heavy atom. The molecule has 1 saturated carbocycles. The molecule has 16 heavy (non-hydrogen) atoms. The number of hydrogen-bond acceptors (Lipinski definition) is 4. The van der Waals surface area contributed by atoms with Gasteiger partial charge in [0.15, 0.2) is 0 Å².